The molecule has 1 atom stereocenters. The zero-order valence-electron chi connectivity index (χ0n) is 15.7. The second kappa shape index (κ2) is 7.56. The van der Waals surface area contributed by atoms with E-state index in [0.29, 0.717) is 25.4 Å². The Morgan fingerprint density at radius 2 is 2.21 bits per heavy atom. The molecule has 0 unspecified atom stereocenters. The normalized spacial score (nSPS) is 19.1. The number of nitrogens with zero attached hydrogens (tertiary/aromatic N) is 4. The fourth-order valence-corrected chi connectivity index (χ4v) is 4.98. The Morgan fingerprint density at radius 3 is 3.07 bits per heavy atom. The van der Waals surface area contributed by atoms with Gasteiger partial charge in [-0.1, -0.05) is 12.1 Å². The van der Waals surface area contributed by atoms with Crippen molar-refractivity contribution in [3.8, 4) is 0 Å². The maximum absolute atomic E-state index is 12.7. The van der Waals surface area contributed by atoms with Gasteiger partial charge in [0.2, 0.25) is 5.91 Å². The van der Waals surface area contributed by atoms with Gasteiger partial charge < -0.3 is 10.2 Å². The molecule has 0 aliphatic carbocycles. The molecule has 28 heavy (non-hydrogen) atoms. The zero-order chi connectivity index (χ0) is 18.9. The first-order valence-electron chi connectivity index (χ1n) is 9.96. The van der Waals surface area contributed by atoms with Crippen molar-refractivity contribution in [2.24, 2.45) is 0 Å². The Kier molecular flexibility index (Phi) is 4.78. The lowest BCUT2D eigenvalue weighted by Crippen LogP contribution is -2.37. The molecule has 1 amide bonds. The van der Waals surface area contributed by atoms with Gasteiger partial charge >= 0.3 is 0 Å². The topological polar surface area (TPSA) is 71.0 Å². The number of carbonyl (C=O) groups excluding carboxylic acids is 1. The molecule has 1 saturated heterocycles. The van der Waals surface area contributed by atoms with Crippen molar-refractivity contribution in [2.45, 2.75) is 44.7 Å². The number of carbonyl (C=O) groups is 1. The summed E-state index contributed by atoms with van der Waals surface area (Å²) in [7, 11) is 0. The van der Waals surface area contributed by atoms with E-state index in [1.807, 2.05) is 29.3 Å². The average Bonchev–Trinajstić information content (AvgIpc) is 3.40. The number of hydrogen-bond acceptors (Lipinski definition) is 6. The summed E-state index contributed by atoms with van der Waals surface area (Å²) < 4.78 is 1.18. The van der Waals surface area contributed by atoms with Crippen LogP contribution in [-0.4, -0.2) is 38.8 Å². The Morgan fingerprint density at radius 1 is 1.29 bits per heavy atom. The monoisotopic (exact) mass is 393 g/mol. The van der Waals surface area contributed by atoms with Gasteiger partial charge in [0.15, 0.2) is 0 Å². The minimum Gasteiger partial charge on any atom is -0.338 e. The van der Waals surface area contributed by atoms with Crippen LogP contribution >= 0.6 is 11.3 Å². The number of rotatable bonds is 4. The summed E-state index contributed by atoms with van der Waals surface area (Å²) in [5.74, 6) is 1.10. The molecule has 7 heteroatoms. The van der Waals surface area contributed by atoms with Crippen LogP contribution in [0, 0.1) is 0 Å². The van der Waals surface area contributed by atoms with Crippen LogP contribution in [0.4, 0.5) is 0 Å². The molecule has 1 fully saturated rings. The fraction of sp³-hybridized carbons (Fsp3) is 0.429. The lowest BCUT2D eigenvalue weighted by molar-refractivity contribution is -0.132. The van der Waals surface area contributed by atoms with Gasteiger partial charge in [-0.15, -0.1) is 11.3 Å². The minimum atomic E-state index is 0.187. The molecule has 2 aliphatic rings. The van der Waals surface area contributed by atoms with E-state index in [1.54, 1.807) is 11.3 Å². The number of benzene rings is 1. The van der Waals surface area contributed by atoms with Crippen molar-refractivity contribution < 1.29 is 4.79 Å². The van der Waals surface area contributed by atoms with Gasteiger partial charge in [-0.3, -0.25) is 4.79 Å². The van der Waals surface area contributed by atoms with Gasteiger partial charge in [0.25, 0.3) is 0 Å². The Bertz CT molecular complexity index is 978. The molecule has 3 aromatic rings. The third-order valence-corrected chi connectivity index (χ3v) is 6.66. The van der Waals surface area contributed by atoms with Crippen molar-refractivity contribution in [3.63, 3.8) is 0 Å². The number of nitrogens with one attached hydrogen (secondary N) is 1. The number of aryl methyl sites for hydroxylation is 1. The number of hydrogen-bond donors (Lipinski definition) is 1. The Hall–Kier alpha value is -2.38. The van der Waals surface area contributed by atoms with Crippen LogP contribution in [-0.2, 0) is 24.2 Å². The predicted octanol–water partition coefficient (Wildman–Crippen LogP) is 3.03. The van der Waals surface area contributed by atoms with Crippen molar-refractivity contribution in [3.05, 3.63) is 52.6 Å². The number of thiazole rings is 1. The van der Waals surface area contributed by atoms with E-state index in [1.165, 1.54) is 11.1 Å². The molecule has 2 aromatic heterocycles. The number of fused-ring (bicyclic) bond motifs is 2. The molecule has 0 saturated carbocycles. The van der Waals surface area contributed by atoms with E-state index in [4.69, 9.17) is 4.98 Å². The molecule has 1 aromatic carbocycles. The largest absolute Gasteiger partial charge is 0.338 e. The van der Waals surface area contributed by atoms with Crippen molar-refractivity contribution in [1.82, 2.24) is 25.2 Å². The lowest BCUT2D eigenvalue weighted by atomic mass is 10.1. The molecule has 144 valence electrons. The van der Waals surface area contributed by atoms with Gasteiger partial charge in [0, 0.05) is 44.1 Å². The molecule has 4 heterocycles. The lowest BCUT2D eigenvalue weighted by Gasteiger charge is -2.28. The Labute approximate surface area is 168 Å². The van der Waals surface area contributed by atoms with Crippen molar-refractivity contribution >= 4 is 27.5 Å². The number of amides is 1. The van der Waals surface area contributed by atoms with Gasteiger partial charge in [-0.05, 0) is 31.5 Å². The summed E-state index contributed by atoms with van der Waals surface area (Å²) in [5, 5.41) is 4.49. The van der Waals surface area contributed by atoms with E-state index < -0.39 is 0 Å². The predicted molar refractivity (Wildman–Crippen MR) is 109 cm³/mol. The van der Waals surface area contributed by atoms with E-state index in [2.05, 4.69) is 21.4 Å². The van der Waals surface area contributed by atoms with Crippen LogP contribution in [0.2, 0.25) is 0 Å². The van der Waals surface area contributed by atoms with Crippen molar-refractivity contribution in [1.29, 1.82) is 0 Å². The van der Waals surface area contributed by atoms with Crippen LogP contribution in [0.5, 0.6) is 0 Å². The van der Waals surface area contributed by atoms with E-state index >= 15 is 0 Å². The standard InChI is InChI=1S/C21H23N5OS/c27-20(8-7-19-24-16-4-1-2-6-18(16)28-19)26-11-9-15-14(13-26)12-23-21(25-15)17-5-3-10-22-17/h1-2,4,6,12,17,22H,3,5,7-11,13H2/t17-/m0/s1. The van der Waals surface area contributed by atoms with E-state index in [9.17, 15) is 4.79 Å². The molecular weight excluding hydrogens is 370 g/mol. The van der Waals surface area contributed by atoms with Crippen LogP contribution in [0.15, 0.2) is 30.5 Å². The van der Waals surface area contributed by atoms with Gasteiger partial charge in [0.1, 0.15) is 5.82 Å². The third kappa shape index (κ3) is 3.52. The summed E-state index contributed by atoms with van der Waals surface area (Å²) >= 11 is 1.68. The van der Waals surface area contributed by atoms with Crippen LogP contribution < -0.4 is 5.32 Å². The first kappa shape index (κ1) is 17.7. The summed E-state index contributed by atoms with van der Waals surface area (Å²) in [5.41, 5.74) is 3.21. The number of aromatic nitrogens is 3. The van der Waals surface area contributed by atoms with Crippen LogP contribution in [0.25, 0.3) is 10.2 Å². The molecule has 1 N–H and O–H groups in total. The summed E-state index contributed by atoms with van der Waals surface area (Å²) in [6.07, 6.45) is 6.22. The second-order valence-corrected chi connectivity index (χ2v) is 8.60. The Balaban J connectivity index is 1.22. The first-order valence-corrected chi connectivity index (χ1v) is 10.8. The van der Waals surface area contributed by atoms with Gasteiger partial charge in [0.05, 0.1) is 27.0 Å². The molecular formula is C21H23N5OS. The van der Waals surface area contributed by atoms with Gasteiger partial charge in [-0.2, -0.15) is 0 Å². The highest BCUT2D eigenvalue weighted by atomic mass is 32.1. The molecule has 5 rings (SSSR count). The van der Waals surface area contributed by atoms with Crippen LogP contribution in [0.3, 0.4) is 0 Å². The van der Waals surface area contributed by atoms with E-state index in [-0.39, 0.29) is 5.91 Å². The minimum absolute atomic E-state index is 0.187. The molecule has 0 spiro atoms. The highest BCUT2D eigenvalue weighted by molar-refractivity contribution is 7.18. The van der Waals surface area contributed by atoms with Crippen molar-refractivity contribution in [2.75, 3.05) is 13.1 Å². The maximum atomic E-state index is 12.7. The number of para-hydroxylation sites is 1. The first-order chi connectivity index (χ1) is 13.8. The highest BCUT2D eigenvalue weighted by Crippen LogP contribution is 2.25. The summed E-state index contributed by atoms with van der Waals surface area (Å²) in [6, 6.07) is 8.41. The van der Waals surface area contributed by atoms with E-state index in [0.717, 1.165) is 53.5 Å². The second-order valence-electron chi connectivity index (χ2n) is 7.49. The highest BCUT2D eigenvalue weighted by Gasteiger charge is 2.25. The maximum Gasteiger partial charge on any atom is 0.223 e. The zero-order valence-corrected chi connectivity index (χ0v) is 16.5. The molecule has 2 aliphatic heterocycles. The average molecular weight is 394 g/mol. The molecule has 0 bridgehead atoms. The fourth-order valence-electron chi connectivity index (χ4n) is 4.02. The summed E-state index contributed by atoms with van der Waals surface area (Å²) in [6.45, 7) is 2.40. The molecule has 6 nitrogen and oxygen atoms in total. The van der Waals surface area contributed by atoms with Crippen LogP contribution in [0.1, 0.15) is 47.4 Å². The smallest absolute Gasteiger partial charge is 0.223 e. The summed E-state index contributed by atoms with van der Waals surface area (Å²) in [4.78, 5) is 28.6. The molecule has 0 radical (unpaired) electrons. The van der Waals surface area contributed by atoms with Gasteiger partial charge in [-0.25, -0.2) is 15.0 Å². The third-order valence-electron chi connectivity index (χ3n) is 5.57. The quantitative estimate of drug-likeness (QED) is 0.738. The SMILES string of the molecule is O=C(CCc1nc2ccccc2s1)N1CCc2nc([C@@H]3CCCN3)ncc2C1.